The van der Waals surface area contributed by atoms with Crippen LogP contribution in [0.5, 0.6) is 17.2 Å². The minimum atomic E-state index is -4.65. The third kappa shape index (κ3) is 3.26. The molecule has 0 aliphatic rings. The van der Waals surface area contributed by atoms with E-state index in [1.807, 2.05) is 0 Å². The number of phenolic OH excluding ortho intramolecular Hbond substituents is 1. The lowest BCUT2D eigenvalue weighted by molar-refractivity contribution is -0.137. The molecule has 2 aromatic rings. The van der Waals surface area contributed by atoms with E-state index in [4.69, 9.17) is 10.00 Å². The zero-order valence-electron chi connectivity index (χ0n) is 10.9. The van der Waals surface area contributed by atoms with Crippen molar-refractivity contribution in [3.8, 4) is 23.3 Å². The summed E-state index contributed by atoms with van der Waals surface area (Å²) in [4.78, 5) is 0. The molecule has 0 amide bonds. The number of nitrogens with zero attached hydrogens (tertiary/aromatic N) is 1. The molecule has 0 saturated carbocycles. The SMILES string of the molecule is Cc1ccc(O)c(Oc2ccc(C#N)c(C(F)(F)F)c2)c1. The number of hydrogen-bond donors (Lipinski definition) is 1. The van der Waals surface area contributed by atoms with Gasteiger partial charge in [-0.15, -0.1) is 0 Å². The highest BCUT2D eigenvalue weighted by molar-refractivity contribution is 5.48. The largest absolute Gasteiger partial charge is 0.504 e. The van der Waals surface area contributed by atoms with Crippen LogP contribution in [0, 0.1) is 18.3 Å². The first-order valence-electron chi connectivity index (χ1n) is 5.90. The van der Waals surface area contributed by atoms with Crippen molar-refractivity contribution in [1.82, 2.24) is 0 Å². The van der Waals surface area contributed by atoms with Crippen molar-refractivity contribution < 1.29 is 23.0 Å². The zero-order chi connectivity index (χ0) is 15.6. The van der Waals surface area contributed by atoms with Gasteiger partial charge in [-0.1, -0.05) is 6.07 Å². The fourth-order valence-corrected chi connectivity index (χ4v) is 1.75. The van der Waals surface area contributed by atoms with Crippen LogP contribution >= 0.6 is 0 Å². The lowest BCUT2D eigenvalue weighted by atomic mass is 10.1. The number of hydrogen-bond acceptors (Lipinski definition) is 3. The summed E-state index contributed by atoms with van der Waals surface area (Å²) in [7, 11) is 0. The lowest BCUT2D eigenvalue weighted by Crippen LogP contribution is -2.07. The van der Waals surface area contributed by atoms with E-state index in [0.717, 1.165) is 17.7 Å². The molecule has 1 N–H and O–H groups in total. The fourth-order valence-electron chi connectivity index (χ4n) is 1.75. The van der Waals surface area contributed by atoms with Crippen LogP contribution < -0.4 is 4.74 Å². The molecular formula is C15H10F3NO2. The Labute approximate surface area is 118 Å². The van der Waals surface area contributed by atoms with Gasteiger partial charge in [-0.05, 0) is 42.8 Å². The van der Waals surface area contributed by atoms with Gasteiger partial charge in [-0.3, -0.25) is 0 Å². The van der Waals surface area contributed by atoms with E-state index < -0.39 is 17.3 Å². The normalized spacial score (nSPS) is 11.0. The Morgan fingerprint density at radius 2 is 1.86 bits per heavy atom. The van der Waals surface area contributed by atoms with Crippen molar-refractivity contribution in [2.24, 2.45) is 0 Å². The highest BCUT2D eigenvalue weighted by atomic mass is 19.4. The van der Waals surface area contributed by atoms with Gasteiger partial charge in [0.2, 0.25) is 0 Å². The first-order chi connectivity index (χ1) is 9.81. The van der Waals surface area contributed by atoms with E-state index in [2.05, 4.69) is 0 Å². The molecule has 0 spiro atoms. The lowest BCUT2D eigenvalue weighted by Gasteiger charge is -2.12. The highest BCUT2D eigenvalue weighted by Gasteiger charge is 2.34. The Morgan fingerprint density at radius 3 is 2.48 bits per heavy atom. The van der Waals surface area contributed by atoms with Crippen LogP contribution in [0.3, 0.4) is 0 Å². The third-order valence-electron chi connectivity index (χ3n) is 2.76. The predicted molar refractivity (Wildman–Crippen MR) is 69.1 cm³/mol. The summed E-state index contributed by atoms with van der Waals surface area (Å²) in [6, 6.07) is 9.03. The number of alkyl halides is 3. The molecule has 0 bridgehead atoms. The summed E-state index contributed by atoms with van der Waals surface area (Å²) in [5.74, 6) is -0.242. The van der Waals surface area contributed by atoms with Crippen molar-refractivity contribution >= 4 is 0 Å². The molecule has 108 valence electrons. The third-order valence-corrected chi connectivity index (χ3v) is 2.76. The van der Waals surface area contributed by atoms with Gasteiger partial charge < -0.3 is 9.84 Å². The highest BCUT2D eigenvalue weighted by Crippen LogP contribution is 2.37. The van der Waals surface area contributed by atoms with Gasteiger partial charge >= 0.3 is 6.18 Å². The van der Waals surface area contributed by atoms with E-state index >= 15 is 0 Å². The maximum absolute atomic E-state index is 12.8. The van der Waals surface area contributed by atoms with Crippen molar-refractivity contribution in [2.75, 3.05) is 0 Å². The summed E-state index contributed by atoms with van der Waals surface area (Å²) in [6.45, 7) is 1.76. The van der Waals surface area contributed by atoms with E-state index in [1.165, 1.54) is 24.3 Å². The Hall–Kier alpha value is -2.68. The van der Waals surface area contributed by atoms with Gasteiger partial charge in [0.1, 0.15) is 5.75 Å². The maximum atomic E-state index is 12.8. The second-order valence-electron chi connectivity index (χ2n) is 4.39. The van der Waals surface area contributed by atoms with Crippen LogP contribution in [-0.4, -0.2) is 5.11 Å². The molecule has 0 aromatic heterocycles. The summed E-state index contributed by atoms with van der Waals surface area (Å²) in [5, 5.41) is 18.3. The topological polar surface area (TPSA) is 53.2 Å². The second kappa shape index (κ2) is 5.37. The standard InChI is InChI=1S/C15H10F3NO2/c1-9-2-5-13(20)14(6-9)21-11-4-3-10(8-19)12(7-11)15(16,17)18/h2-7,20H,1H3. The first-order valence-corrected chi connectivity index (χ1v) is 5.90. The molecule has 0 fully saturated rings. The number of halogens is 3. The van der Waals surface area contributed by atoms with Crippen LogP contribution in [0.15, 0.2) is 36.4 Å². The van der Waals surface area contributed by atoms with Gasteiger partial charge in [0.25, 0.3) is 0 Å². The van der Waals surface area contributed by atoms with Crippen LogP contribution in [-0.2, 0) is 6.18 Å². The number of aryl methyl sites for hydroxylation is 1. The molecule has 0 aliphatic heterocycles. The molecular weight excluding hydrogens is 283 g/mol. The van der Waals surface area contributed by atoms with E-state index in [1.54, 1.807) is 13.0 Å². The monoisotopic (exact) mass is 293 g/mol. The molecule has 21 heavy (non-hydrogen) atoms. The minimum Gasteiger partial charge on any atom is -0.504 e. The first kappa shape index (κ1) is 14.7. The summed E-state index contributed by atoms with van der Waals surface area (Å²) >= 11 is 0. The number of rotatable bonds is 2. The van der Waals surface area contributed by atoms with Crippen LogP contribution in [0.4, 0.5) is 13.2 Å². The Morgan fingerprint density at radius 1 is 1.14 bits per heavy atom. The fraction of sp³-hybridized carbons (Fsp3) is 0.133. The molecule has 2 aromatic carbocycles. The average molecular weight is 293 g/mol. The average Bonchev–Trinajstić information content (AvgIpc) is 2.42. The second-order valence-corrected chi connectivity index (χ2v) is 4.39. The van der Waals surface area contributed by atoms with Gasteiger partial charge in [-0.25, -0.2) is 0 Å². The van der Waals surface area contributed by atoms with E-state index in [9.17, 15) is 18.3 Å². The molecule has 6 heteroatoms. The quantitative estimate of drug-likeness (QED) is 0.893. The van der Waals surface area contributed by atoms with Gasteiger partial charge in [0, 0.05) is 0 Å². The molecule has 2 rings (SSSR count). The summed E-state index contributed by atoms with van der Waals surface area (Å²) in [5.41, 5.74) is -0.773. The zero-order valence-corrected chi connectivity index (χ0v) is 10.9. The van der Waals surface area contributed by atoms with Crippen LogP contribution in [0.1, 0.15) is 16.7 Å². The van der Waals surface area contributed by atoms with E-state index in [0.29, 0.717) is 0 Å². The summed E-state index contributed by atoms with van der Waals surface area (Å²) in [6.07, 6.45) is -4.65. The van der Waals surface area contributed by atoms with Crippen molar-refractivity contribution in [3.63, 3.8) is 0 Å². The molecule has 0 radical (unpaired) electrons. The Kier molecular flexibility index (Phi) is 3.76. The number of benzene rings is 2. The molecule has 0 unspecified atom stereocenters. The number of phenols is 1. The minimum absolute atomic E-state index is 0.0489. The van der Waals surface area contributed by atoms with Crippen molar-refractivity contribution in [3.05, 3.63) is 53.1 Å². The van der Waals surface area contributed by atoms with Crippen LogP contribution in [0.2, 0.25) is 0 Å². The van der Waals surface area contributed by atoms with Gasteiger partial charge in [0.05, 0.1) is 17.2 Å². The molecule has 0 atom stereocenters. The molecule has 0 heterocycles. The molecule has 0 saturated heterocycles. The summed E-state index contributed by atoms with van der Waals surface area (Å²) < 4.78 is 43.8. The molecule has 3 nitrogen and oxygen atoms in total. The Balaban J connectivity index is 2.42. The number of ether oxygens (including phenoxy) is 1. The number of nitriles is 1. The van der Waals surface area contributed by atoms with Gasteiger partial charge in [-0.2, -0.15) is 18.4 Å². The van der Waals surface area contributed by atoms with Crippen molar-refractivity contribution in [2.45, 2.75) is 13.1 Å². The van der Waals surface area contributed by atoms with Crippen molar-refractivity contribution in [1.29, 1.82) is 5.26 Å². The van der Waals surface area contributed by atoms with Gasteiger partial charge in [0.15, 0.2) is 11.5 Å². The number of aromatic hydroxyl groups is 1. The van der Waals surface area contributed by atoms with E-state index in [-0.39, 0.29) is 17.2 Å². The van der Waals surface area contributed by atoms with Crippen LogP contribution in [0.25, 0.3) is 0 Å². The predicted octanol–water partition coefficient (Wildman–Crippen LogP) is 4.38. The Bertz CT molecular complexity index is 718. The smallest absolute Gasteiger partial charge is 0.417 e. The maximum Gasteiger partial charge on any atom is 0.417 e. The molecule has 0 aliphatic carbocycles.